The number of benzene rings is 1. The number of hydrogen-bond acceptors (Lipinski definition) is 6. The Morgan fingerprint density at radius 1 is 1.35 bits per heavy atom. The Bertz CT molecular complexity index is 908. The number of aromatic nitrogens is 3. The van der Waals surface area contributed by atoms with Gasteiger partial charge in [0.05, 0.1) is 11.1 Å². The third kappa shape index (κ3) is 4.04. The number of halogens is 3. The van der Waals surface area contributed by atoms with E-state index in [1.54, 1.807) is 11.6 Å². The van der Waals surface area contributed by atoms with Crippen molar-refractivity contribution in [3.05, 3.63) is 35.3 Å². The van der Waals surface area contributed by atoms with Crippen molar-refractivity contribution in [1.82, 2.24) is 20.1 Å². The molecule has 2 aromatic heterocycles. The van der Waals surface area contributed by atoms with Gasteiger partial charge >= 0.3 is 6.18 Å². The lowest BCUT2D eigenvalue weighted by Gasteiger charge is -2.08. The van der Waals surface area contributed by atoms with Crippen LogP contribution in [0.2, 0.25) is 0 Å². The molecule has 0 aliphatic heterocycles. The van der Waals surface area contributed by atoms with E-state index < -0.39 is 17.8 Å². The molecule has 2 N–H and O–H groups in total. The maximum absolute atomic E-state index is 13.0. The van der Waals surface area contributed by atoms with E-state index >= 15 is 0 Å². The Morgan fingerprint density at radius 3 is 2.81 bits per heavy atom. The Kier molecular flexibility index (Phi) is 4.98. The molecule has 0 radical (unpaired) electrons. The number of nitrogens with zero attached hydrogens (tertiary/aromatic N) is 3. The van der Waals surface area contributed by atoms with Gasteiger partial charge in [-0.1, -0.05) is 0 Å². The molecule has 2 heterocycles. The van der Waals surface area contributed by atoms with E-state index in [0.717, 1.165) is 12.1 Å². The number of carbonyl (C=O) groups is 1. The van der Waals surface area contributed by atoms with Crippen LogP contribution in [0, 0.1) is 0 Å². The van der Waals surface area contributed by atoms with Gasteiger partial charge in [-0.05, 0) is 24.6 Å². The summed E-state index contributed by atoms with van der Waals surface area (Å²) in [5.74, 6) is 0.258. The summed E-state index contributed by atoms with van der Waals surface area (Å²) in [4.78, 5) is 14.4. The van der Waals surface area contributed by atoms with E-state index in [0.29, 0.717) is 29.0 Å². The lowest BCUT2D eigenvalue weighted by Crippen LogP contribution is -2.37. The zero-order valence-corrected chi connectivity index (χ0v) is 14.0. The summed E-state index contributed by atoms with van der Waals surface area (Å²) >= 11 is 1.29. The molecule has 0 unspecified atom stereocenters. The number of amides is 1. The number of carbonyl (C=O) groups excluding carboxylic acids is 1. The predicted molar refractivity (Wildman–Crippen MR) is 88.1 cm³/mol. The first-order valence-corrected chi connectivity index (χ1v) is 8.41. The van der Waals surface area contributed by atoms with Crippen LogP contribution in [-0.2, 0) is 12.7 Å². The summed E-state index contributed by atoms with van der Waals surface area (Å²) in [6.45, 7) is 0.473. The molecule has 0 fully saturated rings. The standard InChI is InChI=1S/C15H14F3N5O2S/c16-15(17,18)9-2-3-11-10(8-9)12(21-13-19-5-7-26-13)22-23(11)6-1-4-20-14(24)25/h2-3,5,7-8,20H,1,4,6H2,(H,24,25)(H,19,21,22)/p-1. The minimum absolute atomic E-state index is 0.152. The molecule has 0 spiro atoms. The number of fused-ring (bicyclic) bond motifs is 1. The van der Waals surface area contributed by atoms with Crippen molar-refractivity contribution >= 4 is 39.3 Å². The summed E-state index contributed by atoms with van der Waals surface area (Å²) in [5, 5.41) is 22.3. The molecule has 26 heavy (non-hydrogen) atoms. The number of aryl methyl sites for hydroxylation is 1. The quantitative estimate of drug-likeness (QED) is 0.637. The molecule has 138 valence electrons. The van der Waals surface area contributed by atoms with Crippen LogP contribution in [-0.4, -0.2) is 27.4 Å². The first-order valence-electron chi connectivity index (χ1n) is 7.54. The van der Waals surface area contributed by atoms with Gasteiger partial charge in [-0.15, -0.1) is 11.3 Å². The van der Waals surface area contributed by atoms with E-state index in [1.165, 1.54) is 22.1 Å². The van der Waals surface area contributed by atoms with E-state index in [9.17, 15) is 23.1 Å². The van der Waals surface area contributed by atoms with Crippen molar-refractivity contribution in [3.63, 3.8) is 0 Å². The normalized spacial score (nSPS) is 11.7. The summed E-state index contributed by atoms with van der Waals surface area (Å²) in [5.41, 5.74) is -0.268. The number of alkyl halides is 3. The van der Waals surface area contributed by atoms with Crippen molar-refractivity contribution in [3.8, 4) is 0 Å². The Balaban J connectivity index is 1.93. The highest BCUT2D eigenvalue weighted by atomic mass is 32.1. The Labute approximate surface area is 149 Å². The van der Waals surface area contributed by atoms with Crippen LogP contribution in [0.5, 0.6) is 0 Å². The van der Waals surface area contributed by atoms with Gasteiger partial charge in [0, 0.05) is 30.1 Å². The van der Waals surface area contributed by atoms with Gasteiger partial charge in [-0.25, -0.2) is 4.98 Å². The maximum atomic E-state index is 13.0. The van der Waals surface area contributed by atoms with Crippen molar-refractivity contribution in [2.75, 3.05) is 11.9 Å². The molecule has 11 heteroatoms. The largest absolute Gasteiger partial charge is 0.530 e. The van der Waals surface area contributed by atoms with Gasteiger partial charge < -0.3 is 20.5 Å². The van der Waals surface area contributed by atoms with Crippen LogP contribution in [0.3, 0.4) is 0 Å². The van der Waals surface area contributed by atoms with Gasteiger partial charge in [-0.2, -0.15) is 18.3 Å². The summed E-state index contributed by atoms with van der Waals surface area (Å²) in [6.07, 6.45) is -3.87. The zero-order valence-electron chi connectivity index (χ0n) is 13.2. The average molecular weight is 384 g/mol. The molecular weight excluding hydrogens is 371 g/mol. The van der Waals surface area contributed by atoms with Crippen molar-refractivity contribution in [1.29, 1.82) is 0 Å². The first-order chi connectivity index (χ1) is 12.3. The fourth-order valence-corrected chi connectivity index (χ4v) is 2.95. The fraction of sp³-hybridized carbons (Fsp3) is 0.267. The lowest BCUT2D eigenvalue weighted by molar-refractivity contribution is -0.250. The van der Waals surface area contributed by atoms with Crippen molar-refractivity contribution in [2.24, 2.45) is 0 Å². The molecule has 1 amide bonds. The van der Waals surface area contributed by atoms with Crippen LogP contribution in [0.25, 0.3) is 10.9 Å². The van der Waals surface area contributed by atoms with Gasteiger partial charge in [0.1, 0.15) is 6.09 Å². The Morgan fingerprint density at radius 2 is 2.15 bits per heavy atom. The molecule has 0 saturated carbocycles. The SMILES string of the molecule is O=C([O-])NCCCn1nc(Nc2nccs2)c2cc(C(F)(F)F)ccc21. The zero-order chi connectivity index (χ0) is 18.7. The van der Waals surface area contributed by atoms with Crippen molar-refractivity contribution in [2.45, 2.75) is 19.1 Å². The second-order valence-corrected chi connectivity index (χ2v) is 6.23. The summed E-state index contributed by atoms with van der Waals surface area (Å²) in [6, 6.07) is 3.38. The number of carboxylic acid groups (broad SMARTS) is 1. The van der Waals surface area contributed by atoms with Crippen LogP contribution in [0.1, 0.15) is 12.0 Å². The van der Waals surface area contributed by atoms with Gasteiger partial charge in [0.25, 0.3) is 0 Å². The smallest absolute Gasteiger partial charge is 0.416 e. The van der Waals surface area contributed by atoms with Crippen LogP contribution < -0.4 is 15.7 Å². The fourth-order valence-electron chi connectivity index (χ4n) is 2.42. The topological polar surface area (TPSA) is 94.9 Å². The van der Waals surface area contributed by atoms with Crippen molar-refractivity contribution < 1.29 is 23.1 Å². The average Bonchev–Trinajstić information content (AvgIpc) is 3.19. The summed E-state index contributed by atoms with van der Waals surface area (Å²) < 4.78 is 40.6. The highest BCUT2D eigenvalue weighted by molar-refractivity contribution is 7.13. The number of anilines is 2. The number of hydrogen-bond donors (Lipinski definition) is 2. The van der Waals surface area contributed by atoms with Crippen LogP contribution in [0.15, 0.2) is 29.8 Å². The van der Waals surface area contributed by atoms with E-state index in [2.05, 4.69) is 20.7 Å². The number of thiazole rings is 1. The molecule has 3 rings (SSSR count). The van der Waals surface area contributed by atoms with Gasteiger partial charge in [0.15, 0.2) is 10.9 Å². The molecular formula is C15H13F3N5O2S-. The molecule has 0 aliphatic carbocycles. The van der Waals surface area contributed by atoms with E-state index in [1.807, 2.05) is 0 Å². The molecule has 0 atom stereocenters. The minimum Gasteiger partial charge on any atom is -0.530 e. The summed E-state index contributed by atoms with van der Waals surface area (Å²) in [7, 11) is 0. The predicted octanol–water partition coefficient (Wildman–Crippen LogP) is 2.58. The monoisotopic (exact) mass is 384 g/mol. The second kappa shape index (κ2) is 7.20. The van der Waals surface area contributed by atoms with Crippen LogP contribution >= 0.6 is 11.3 Å². The van der Waals surface area contributed by atoms with Gasteiger partial charge in [0.2, 0.25) is 0 Å². The highest BCUT2D eigenvalue weighted by Crippen LogP contribution is 2.34. The third-order valence-electron chi connectivity index (χ3n) is 3.55. The molecule has 0 aliphatic rings. The molecule has 0 bridgehead atoms. The Hall–Kier alpha value is -2.82. The maximum Gasteiger partial charge on any atom is 0.416 e. The highest BCUT2D eigenvalue weighted by Gasteiger charge is 2.31. The van der Waals surface area contributed by atoms with Gasteiger partial charge in [-0.3, -0.25) is 4.68 Å². The third-order valence-corrected chi connectivity index (χ3v) is 4.24. The minimum atomic E-state index is -4.47. The second-order valence-electron chi connectivity index (χ2n) is 5.33. The number of nitrogens with one attached hydrogen (secondary N) is 2. The first kappa shape index (κ1) is 18.0. The van der Waals surface area contributed by atoms with E-state index in [-0.39, 0.29) is 12.4 Å². The van der Waals surface area contributed by atoms with Crippen LogP contribution in [0.4, 0.5) is 28.9 Å². The van der Waals surface area contributed by atoms with E-state index in [4.69, 9.17) is 0 Å². The molecule has 7 nitrogen and oxygen atoms in total. The molecule has 1 aromatic carbocycles. The molecule has 0 saturated heterocycles. The molecule has 3 aromatic rings. The number of rotatable bonds is 6. The lowest BCUT2D eigenvalue weighted by atomic mass is 10.1.